The van der Waals surface area contributed by atoms with Crippen LogP contribution in [0.1, 0.15) is 85.8 Å². The number of carbonyl (C=O) groups is 3. The predicted molar refractivity (Wildman–Crippen MR) is 215 cm³/mol. The molecule has 2 bridgehead atoms. The Labute approximate surface area is 332 Å². The van der Waals surface area contributed by atoms with Crippen LogP contribution in [0.15, 0.2) is 52.9 Å². The van der Waals surface area contributed by atoms with Gasteiger partial charge in [-0.3, -0.25) is 14.3 Å². The van der Waals surface area contributed by atoms with E-state index in [2.05, 4.69) is 51.3 Å². The summed E-state index contributed by atoms with van der Waals surface area (Å²) in [6, 6.07) is 12.2. The zero-order valence-corrected chi connectivity index (χ0v) is 34.3. The highest BCUT2D eigenvalue weighted by Gasteiger charge is 2.44. The number of hydrogen-bond donors (Lipinski definition) is 1. The molecule has 2 aromatic carbocycles. The number of likely N-dealkylation sites (tertiary alicyclic amines) is 1. The second-order valence-corrected chi connectivity index (χ2v) is 18.9. The minimum atomic E-state index is -3.63. The molecule has 1 N–H and O–H groups in total. The number of anilines is 1. The molecule has 2 aromatic rings. The Morgan fingerprint density at radius 3 is 2.61 bits per heavy atom. The van der Waals surface area contributed by atoms with Gasteiger partial charge < -0.3 is 28.7 Å². The summed E-state index contributed by atoms with van der Waals surface area (Å²) in [5.41, 5.74) is 4.88. The number of ether oxygens (including phenoxy) is 4. The highest BCUT2D eigenvalue weighted by molar-refractivity contribution is 7.93. The Balaban J connectivity index is 1.20. The van der Waals surface area contributed by atoms with Gasteiger partial charge in [-0.1, -0.05) is 42.8 Å². The van der Waals surface area contributed by atoms with Gasteiger partial charge in [-0.05, 0) is 112 Å². The molecule has 1 unspecified atom stereocenters. The number of piperidine rings is 1. The van der Waals surface area contributed by atoms with Gasteiger partial charge in [0, 0.05) is 44.3 Å². The van der Waals surface area contributed by atoms with E-state index in [1.807, 2.05) is 19.1 Å². The Bertz CT molecular complexity index is 1950. The average molecular weight is 791 g/mol. The zero-order chi connectivity index (χ0) is 39.6. The topological polar surface area (TPSA) is 136 Å². The van der Waals surface area contributed by atoms with Crippen LogP contribution in [0.3, 0.4) is 0 Å². The van der Waals surface area contributed by atoms with E-state index in [1.165, 1.54) is 23.8 Å². The molecule has 0 radical (unpaired) electrons. The first-order valence-electron chi connectivity index (χ1n) is 20.3. The molecule has 3 aliphatic heterocycles. The van der Waals surface area contributed by atoms with Gasteiger partial charge in [0.25, 0.3) is 11.8 Å². The summed E-state index contributed by atoms with van der Waals surface area (Å²) in [5.74, 6) is -0.0405. The number of allylic oxidation sites excluding steroid dienone is 1. The predicted octanol–water partition coefficient (Wildman–Crippen LogP) is 6.38. The van der Waals surface area contributed by atoms with Crippen molar-refractivity contribution < 1.29 is 37.5 Å². The molecule has 7 rings (SSSR count). The van der Waals surface area contributed by atoms with Crippen LogP contribution in [0, 0.1) is 24.7 Å². The van der Waals surface area contributed by atoms with Crippen molar-refractivity contribution in [3.63, 3.8) is 0 Å². The third-order valence-corrected chi connectivity index (χ3v) is 15.5. The monoisotopic (exact) mass is 790 g/mol. The van der Waals surface area contributed by atoms with Gasteiger partial charge in [0.05, 0.1) is 36.9 Å². The Kier molecular flexibility index (Phi) is 12.1. The molecule has 3 amide bonds. The van der Waals surface area contributed by atoms with Crippen LogP contribution >= 0.6 is 0 Å². The van der Waals surface area contributed by atoms with Gasteiger partial charge >= 0.3 is 6.09 Å². The second kappa shape index (κ2) is 16.9. The average Bonchev–Trinajstić information content (AvgIpc) is 3.33. The van der Waals surface area contributed by atoms with Gasteiger partial charge in [-0.2, -0.15) is 0 Å². The highest BCUT2D eigenvalue weighted by atomic mass is 32.2. The van der Waals surface area contributed by atoms with Crippen LogP contribution in [0.2, 0.25) is 0 Å². The third-order valence-electron chi connectivity index (χ3n) is 13.0. The van der Waals surface area contributed by atoms with E-state index in [-0.39, 0.29) is 35.7 Å². The normalized spacial score (nSPS) is 31.4. The van der Waals surface area contributed by atoms with Crippen molar-refractivity contribution in [2.45, 2.75) is 95.0 Å². The van der Waals surface area contributed by atoms with E-state index in [0.29, 0.717) is 56.5 Å². The van der Waals surface area contributed by atoms with E-state index in [0.717, 1.165) is 50.9 Å². The molecule has 56 heavy (non-hydrogen) atoms. The van der Waals surface area contributed by atoms with Gasteiger partial charge in [-0.15, -0.1) is 4.36 Å². The summed E-state index contributed by atoms with van der Waals surface area (Å²) >= 11 is 0. The van der Waals surface area contributed by atoms with Crippen molar-refractivity contribution in [1.29, 1.82) is 0 Å². The van der Waals surface area contributed by atoms with Crippen LogP contribution in [0.4, 0.5) is 10.5 Å². The molecule has 304 valence electrons. The quantitative estimate of drug-likeness (QED) is 0.343. The summed E-state index contributed by atoms with van der Waals surface area (Å²) in [4.78, 5) is 43.5. The van der Waals surface area contributed by atoms with E-state index in [1.54, 1.807) is 25.0 Å². The number of fused-ring (bicyclic) bond motifs is 4. The molecule has 2 fully saturated rings. The third kappa shape index (κ3) is 8.36. The minimum absolute atomic E-state index is 0.0718. The van der Waals surface area contributed by atoms with Gasteiger partial charge in [0.15, 0.2) is 0 Å². The summed E-state index contributed by atoms with van der Waals surface area (Å²) < 4.78 is 45.4. The second-order valence-electron chi connectivity index (χ2n) is 16.7. The van der Waals surface area contributed by atoms with E-state index < -0.39 is 33.1 Å². The SMILES string of the molecule is COC(=O)N1CCC(OCC(=O)NS2(=O)=NC(=O)c3ccc4c(c3)N(C[C@@H]3CC[C@H]3[C@@H](OC)/C=C/C[C@H](C)[C@H]2C)C[C@@]2(CCCc3cc(C)ccc32)CO4)CC1. The highest BCUT2D eigenvalue weighted by Crippen LogP contribution is 2.47. The zero-order valence-electron chi connectivity index (χ0n) is 33.5. The first-order valence-corrected chi connectivity index (χ1v) is 21.9. The van der Waals surface area contributed by atoms with Crippen molar-refractivity contribution in [3.8, 4) is 5.75 Å². The molecule has 2 aliphatic carbocycles. The Hall–Kier alpha value is -3.94. The van der Waals surface area contributed by atoms with Crippen molar-refractivity contribution >= 4 is 33.5 Å². The number of amides is 3. The van der Waals surface area contributed by atoms with E-state index >= 15 is 0 Å². The molecule has 1 spiro atoms. The van der Waals surface area contributed by atoms with E-state index in [9.17, 15) is 18.6 Å². The lowest BCUT2D eigenvalue weighted by Gasteiger charge is -2.46. The minimum Gasteiger partial charge on any atom is -0.490 e. The van der Waals surface area contributed by atoms with Crippen molar-refractivity contribution in [2.75, 3.05) is 58.5 Å². The Morgan fingerprint density at radius 1 is 1.07 bits per heavy atom. The smallest absolute Gasteiger partial charge is 0.409 e. The summed E-state index contributed by atoms with van der Waals surface area (Å²) in [7, 11) is -0.517. The molecule has 1 saturated heterocycles. The number of rotatable bonds is 5. The molecular formula is C43H58N4O8S. The van der Waals surface area contributed by atoms with Crippen molar-refractivity contribution in [1.82, 2.24) is 9.62 Å². The van der Waals surface area contributed by atoms with Crippen LogP contribution in [-0.2, 0) is 40.8 Å². The molecule has 3 heterocycles. The maximum Gasteiger partial charge on any atom is 0.409 e. The lowest BCUT2D eigenvalue weighted by Crippen LogP contribution is -2.49. The number of carbonyl (C=O) groups excluding carboxylic acids is 3. The molecule has 0 aromatic heterocycles. The number of aryl methyl sites for hydroxylation is 2. The standard InChI is InChI=1S/C43H58N4O8S/c1-28-11-15-36-31(22-28)9-7-19-43(36)26-47-24-33-12-14-35(33)38(52-4)10-6-8-29(2)30(3)56(51,45-41(49)32-13-16-39(55-27-43)37(47)23-32)44-40(48)25-54-34-17-20-46(21-18-34)42(50)53-5/h6,10-11,13,15-16,22-23,29-30,33-35,38H,7-9,12,14,17-21,24-27H2,1-5H3,(H,44,45,48,49,51)/b10-6+/t29-,30+,33-,35+,38-,43-,56?/m0/s1. The van der Waals surface area contributed by atoms with Crippen LogP contribution < -0.4 is 14.4 Å². The van der Waals surface area contributed by atoms with Crippen molar-refractivity contribution in [3.05, 3.63) is 70.8 Å². The number of benzene rings is 2. The maximum absolute atomic E-state index is 14.9. The van der Waals surface area contributed by atoms with Crippen LogP contribution in [0.5, 0.6) is 5.75 Å². The van der Waals surface area contributed by atoms with Crippen molar-refractivity contribution in [2.24, 2.45) is 22.1 Å². The van der Waals surface area contributed by atoms with Crippen LogP contribution in [0.25, 0.3) is 0 Å². The first-order chi connectivity index (χ1) is 26.9. The number of methoxy groups -OCH3 is 2. The number of nitrogens with one attached hydrogen (secondary N) is 1. The number of hydrogen-bond acceptors (Lipinski definition) is 9. The lowest BCUT2D eigenvalue weighted by molar-refractivity contribution is -0.126. The summed E-state index contributed by atoms with van der Waals surface area (Å²) in [6.45, 7) is 8.48. The summed E-state index contributed by atoms with van der Waals surface area (Å²) in [5, 5.41) is -0.677. The Morgan fingerprint density at radius 2 is 1.88 bits per heavy atom. The molecule has 7 atom stereocenters. The maximum atomic E-state index is 14.9. The summed E-state index contributed by atoms with van der Waals surface area (Å²) in [6.07, 6.45) is 10.4. The fraction of sp³-hybridized carbons (Fsp3) is 0.605. The van der Waals surface area contributed by atoms with Gasteiger partial charge in [0.1, 0.15) is 22.3 Å². The van der Waals surface area contributed by atoms with Gasteiger partial charge in [0.2, 0.25) is 0 Å². The largest absolute Gasteiger partial charge is 0.490 e. The van der Waals surface area contributed by atoms with E-state index in [4.69, 9.17) is 18.9 Å². The molecule has 1 saturated carbocycles. The molecule has 5 aliphatic rings. The lowest BCUT2D eigenvalue weighted by atomic mass is 9.68. The first kappa shape index (κ1) is 40.3. The molecule has 12 nitrogen and oxygen atoms in total. The fourth-order valence-electron chi connectivity index (χ4n) is 9.37. The number of nitrogens with zero attached hydrogens (tertiary/aromatic N) is 3. The molecular weight excluding hydrogens is 733 g/mol. The fourth-order valence-corrected chi connectivity index (χ4v) is 11.2. The van der Waals surface area contributed by atoms with Gasteiger partial charge in [-0.25, -0.2) is 9.00 Å². The van der Waals surface area contributed by atoms with Crippen LogP contribution in [-0.4, -0.2) is 98.1 Å². The molecule has 13 heteroatoms.